The summed E-state index contributed by atoms with van der Waals surface area (Å²) >= 11 is 6.02. The zero-order chi connectivity index (χ0) is 24.7. The molecular weight excluding hydrogens is 448 g/mol. The van der Waals surface area contributed by atoms with E-state index in [2.05, 4.69) is 22.6 Å². The van der Waals surface area contributed by atoms with E-state index in [1.165, 1.54) is 0 Å². The number of nitriles is 1. The zero-order valence-corrected chi connectivity index (χ0v) is 20.1. The highest BCUT2D eigenvalue weighted by Crippen LogP contribution is 2.18. The van der Waals surface area contributed by atoms with Crippen LogP contribution in [0.5, 0.6) is 5.75 Å². The highest BCUT2D eigenvalue weighted by molar-refractivity contribution is 6.31. The van der Waals surface area contributed by atoms with Crippen LogP contribution in [0.2, 0.25) is 5.02 Å². The van der Waals surface area contributed by atoms with E-state index < -0.39 is 0 Å². The number of hydrogen-bond acceptors (Lipinski definition) is 4. The molecule has 0 saturated carbocycles. The fourth-order valence-electron chi connectivity index (χ4n) is 3.45. The second kappa shape index (κ2) is 11.2. The van der Waals surface area contributed by atoms with Crippen molar-refractivity contribution in [2.24, 2.45) is 0 Å². The van der Waals surface area contributed by atoms with Crippen LogP contribution in [0.1, 0.15) is 36.7 Å². The van der Waals surface area contributed by atoms with Crippen LogP contribution >= 0.6 is 11.6 Å². The number of aromatic nitrogens is 3. The molecule has 0 atom stereocenters. The zero-order valence-electron chi connectivity index (χ0n) is 19.3. The van der Waals surface area contributed by atoms with Gasteiger partial charge in [-0.3, -0.25) is 4.79 Å². The lowest BCUT2D eigenvalue weighted by molar-refractivity contribution is 0.0972. The normalized spacial score (nSPS) is 11.6. The van der Waals surface area contributed by atoms with Gasteiger partial charge in [-0.25, -0.2) is 4.98 Å². The number of ether oxygens (including phenoxy) is 1. The van der Waals surface area contributed by atoms with Gasteiger partial charge >= 0.3 is 0 Å². The standard InChI is InChI=1S/C25H19ClN4O2.C2H6/c1-3-20-21(25(31)14-30-15-29-23-11-18(26)6-9-24(23)30)13-28-22(20)10-16(2)32-19-7-4-17(12-27)5-8-19;1-2/h3-11,13,15,28H,2,14H2,1H3;1-2H3/b20-3-,22-10+;. The minimum atomic E-state index is -0.0538. The van der Waals surface area contributed by atoms with Crippen LogP contribution < -0.4 is 15.3 Å². The lowest BCUT2D eigenvalue weighted by atomic mass is 10.1. The van der Waals surface area contributed by atoms with Gasteiger partial charge in [0.25, 0.3) is 0 Å². The Morgan fingerprint density at radius 2 is 2.00 bits per heavy atom. The molecule has 0 radical (unpaired) electrons. The van der Waals surface area contributed by atoms with Crippen molar-refractivity contribution in [3.05, 3.63) is 94.0 Å². The van der Waals surface area contributed by atoms with Crippen LogP contribution in [-0.2, 0) is 6.54 Å². The van der Waals surface area contributed by atoms with Gasteiger partial charge in [-0.15, -0.1) is 0 Å². The summed E-state index contributed by atoms with van der Waals surface area (Å²) in [6.45, 7) is 9.96. The first-order valence-electron chi connectivity index (χ1n) is 10.8. The number of allylic oxidation sites excluding steroid dienone is 1. The quantitative estimate of drug-likeness (QED) is 0.317. The second-order valence-corrected chi connectivity index (χ2v) is 7.53. The summed E-state index contributed by atoms with van der Waals surface area (Å²) in [5, 5.41) is 11.0. The van der Waals surface area contributed by atoms with E-state index in [1.807, 2.05) is 32.9 Å². The fourth-order valence-corrected chi connectivity index (χ4v) is 3.62. The van der Waals surface area contributed by atoms with E-state index in [0.29, 0.717) is 27.7 Å². The molecule has 0 aliphatic carbocycles. The van der Waals surface area contributed by atoms with Gasteiger partial charge in [0.05, 0.1) is 35.5 Å². The minimum absolute atomic E-state index is 0.0538. The van der Waals surface area contributed by atoms with E-state index in [0.717, 1.165) is 21.6 Å². The molecule has 0 unspecified atom stereocenters. The molecule has 172 valence electrons. The van der Waals surface area contributed by atoms with Crippen molar-refractivity contribution >= 4 is 40.6 Å². The summed E-state index contributed by atoms with van der Waals surface area (Å²) in [6.07, 6.45) is 6.94. The lowest BCUT2D eigenvalue weighted by Gasteiger charge is -2.04. The van der Waals surface area contributed by atoms with Gasteiger partial charge in [0.15, 0.2) is 5.78 Å². The Bertz CT molecular complexity index is 1490. The van der Waals surface area contributed by atoms with Crippen molar-refractivity contribution < 1.29 is 9.53 Å². The van der Waals surface area contributed by atoms with E-state index >= 15 is 0 Å². The Hall–Kier alpha value is -4.08. The van der Waals surface area contributed by atoms with Crippen LogP contribution in [0.25, 0.3) is 23.2 Å². The number of rotatable bonds is 6. The van der Waals surface area contributed by atoms with E-state index in [9.17, 15) is 4.79 Å². The molecule has 0 amide bonds. The number of aromatic amines is 1. The predicted molar refractivity (Wildman–Crippen MR) is 136 cm³/mol. The third kappa shape index (κ3) is 5.45. The van der Waals surface area contributed by atoms with Gasteiger partial charge in [0, 0.05) is 33.4 Å². The van der Waals surface area contributed by atoms with E-state index in [-0.39, 0.29) is 12.3 Å². The summed E-state index contributed by atoms with van der Waals surface area (Å²) in [5.41, 5.74) is 2.71. The third-order valence-electron chi connectivity index (χ3n) is 4.98. The molecule has 7 heteroatoms. The molecule has 0 bridgehead atoms. The van der Waals surface area contributed by atoms with Crippen molar-refractivity contribution in [3.8, 4) is 11.8 Å². The number of H-pyrrole nitrogens is 1. The van der Waals surface area contributed by atoms with Crippen LogP contribution in [0.3, 0.4) is 0 Å². The summed E-state index contributed by atoms with van der Waals surface area (Å²) in [4.78, 5) is 20.5. The number of fused-ring (bicyclic) bond motifs is 1. The van der Waals surface area contributed by atoms with Gasteiger partial charge in [0.2, 0.25) is 0 Å². The largest absolute Gasteiger partial charge is 0.458 e. The fraction of sp³-hybridized carbons (Fsp3) is 0.148. The molecule has 0 fully saturated rings. The Kier molecular flexibility index (Phi) is 8.07. The molecular formula is C27H25ClN4O2. The number of ketones is 1. The average molecular weight is 473 g/mol. The predicted octanol–water partition coefficient (Wildman–Crippen LogP) is 4.97. The van der Waals surface area contributed by atoms with Crippen molar-refractivity contribution in [1.29, 1.82) is 5.26 Å². The summed E-state index contributed by atoms with van der Waals surface area (Å²) < 4.78 is 7.53. The highest BCUT2D eigenvalue weighted by atomic mass is 35.5. The molecule has 6 nitrogen and oxygen atoms in total. The number of carbonyl (C=O) groups excluding carboxylic acids is 1. The lowest BCUT2D eigenvalue weighted by Crippen LogP contribution is -2.28. The van der Waals surface area contributed by atoms with Gasteiger partial charge in [-0.2, -0.15) is 5.26 Å². The monoisotopic (exact) mass is 472 g/mol. The van der Waals surface area contributed by atoms with Crippen molar-refractivity contribution in [2.75, 3.05) is 0 Å². The SMILES string of the molecule is C=C(/C=c1/[nH]cc(C(=O)Cn2cnc3cc(Cl)ccc32)/c1=C/C)Oc1ccc(C#N)cc1.CC. The summed E-state index contributed by atoms with van der Waals surface area (Å²) in [5.74, 6) is 0.917. The average Bonchev–Trinajstić information content (AvgIpc) is 3.44. The number of halogens is 1. The molecule has 0 spiro atoms. The summed E-state index contributed by atoms with van der Waals surface area (Å²) in [7, 11) is 0. The molecule has 2 aromatic heterocycles. The Labute approximate surface area is 203 Å². The van der Waals surface area contributed by atoms with Crippen molar-refractivity contribution in [1.82, 2.24) is 14.5 Å². The molecule has 2 aromatic carbocycles. The first kappa shape index (κ1) is 24.6. The topological polar surface area (TPSA) is 83.7 Å². The maximum atomic E-state index is 13.0. The number of benzene rings is 2. The molecule has 1 N–H and O–H groups in total. The molecule has 0 aliphatic rings. The second-order valence-electron chi connectivity index (χ2n) is 7.10. The number of imidazole rings is 1. The van der Waals surface area contributed by atoms with Gasteiger partial charge in [-0.1, -0.05) is 38.1 Å². The van der Waals surface area contributed by atoms with Crippen LogP contribution in [-0.4, -0.2) is 20.3 Å². The molecule has 34 heavy (non-hydrogen) atoms. The van der Waals surface area contributed by atoms with E-state index in [1.54, 1.807) is 59.6 Å². The van der Waals surface area contributed by atoms with Crippen LogP contribution in [0, 0.1) is 11.3 Å². The van der Waals surface area contributed by atoms with Crippen LogP contribution in [0.4, 0.5) is 0 Å². The van der Waals surface area contributed by atoms with Gasteiger partial charge in [0.1, 0.15) is 11.5 Å². The maximum Gasteiger partial charge on any atom is 0.184 e. The number of Topliss-reactive ketones (excluding diaryl/α,β-unsaturated/α-hetero) is 1. The smallest absolute Gasteiger partial charge is 0.184 e. The maximum absolute atomic E-state index is 13.0. The Morgan fingerprint density at radius 3 is 2.68 bits per heavy atom. The summed E-state index contributed by atoms with van der Waals surface area (Å²) in [6, 6.07) is 14.2. The number of nitrogens with zero attached hydrogens (tertiary/aromatic N) is 3. The molecule has 4 aromatic rings. The van der Waals surface area contributed by atoms with Crippen LogP contribution in [0.15, 0.2) is 67.3 Å². The van der Waals surface area contributed by atoms with Crippen molar-refractivity contribution in [2.45, 2.75) is 27.3 Å². The number of nitrogens with one attached hydrogen (secondary N) is 1. The molecule has 0 aliphatic heterocycles. The molecule has 4 rings (SSSR count). The Balaban J connectivity index is 0.00000158. The highest BCUT2D eigenvalue weighted by Gasteiger charge is 2.13. The van der Waals surface area contributed by atoms with E-state index in [4.69, 9.17) is 21.6 Å². The Morgan fingerprint density at radius 1 is 1.26 bits per heavy atom. The number of hydrogen-bond donors (Lipinski definition) is 1. The third-order valence-corrected chi connectivity index (χ3v) is 5.21. The number of carbonyl (C=O) groups is 1. The molecule has 2 heterocycles. The van der Waals surface area contributed by atoms with Crippen molar-refractivity contribution in [3.63, 3.8) is 0 Å². The minimum Gasteiger partial charge on any atom is -0.458 e. The molecule has 0 saturated heterocycles. The first-order chi connectivity index (χ1) is 16.5. The van der Waals surface area contributed by atoms with Gasteiger partial charge in [-0.05, 0) is 49.4 Å². The first-order valence-corrected chi connectivity index (χ1v) is 11.2. The van der Waals surface area contributed by atoms with Gasteiger partial charge < -0.3 is 14.3 Å².